The Morgan fingerprint density at radius 1 is 0.818 bits per heavy atom. The van der Waals surface area contributed by atoms with E-state index in [0.717, 1.165) is 55.6 Å². The van der Waals surface area contributed by atoms with Crippen molar-refractivity contribution in [2.45, 2.75) is 89.6 Å². The molecular formula is C37H46Cl2FNO3. The Bertz CT molecular complexity index is 1310. The van der Waals surface area contributed by atoms with E-state index < -0.39 is 5.60 Å². The SMILES string of the molecule is CCCCCCCCCC(=O)OC1(c2ccc(-c3cccc(Cl)c3)cc2)CCN(CCCC(=O)c2ccc(F)cc2)CC1.Cl. The van der Waals surface area contributed by atoms with Crippen molar-refractivity contribution in [1.29, 1.82) is 0 Å². The van der Waals surface area contributed by atoms with Crippen molar-refractivity contribution in [3.8, 4) is 11.1 Å². The number of piperidine rings is 1. The molecule has 0 radical (unpaired) electrons. The summed E-state index contributed by atoms with van der Waals surface area (Å²) in [5.74, 6) is -0.424. The maximum absolute atomic E-state index is 13.2. The first-order valence-electron chi connectivity index (χ1n) is 16.0. The molecule has 0 spiro atoms. The lowest BCUT2D eigenvalue weighted by molar-refractivity contribution is -0.167. The number of nitrogens with zero attached hydrogens (tertiary/aromatic N) is 1. The van der Waals surface area contributed by atoms with Crippen LogP contribution in [0.15, 0.2) is 72.8 Å². The lowest BCUT2D eigenvalue weighted by Gasteiger charge is -2.41. The number of carbonyl (C=O) groups excluding carboxylic acids is 2. The molecule has 1 aliphatic rings. The second kappa shape index (κ2) is 18.3. The van der Waals surface area contributed by atoms with E-state index in [-0.39, 0.29) is 30.0 Å². The lowest BCUT2D eigenvalue weighted by atomic mass is 9.83. The molecule has 0 N–H and O–H groups in total. The summed E-state index contributed by atoms with van der Waals surface area (Å²) in [6.45, 7) is 4.58. The number of unbranched alkanes of at least 4 members (excludes halogenated alkanes) is 6. The lowest BCUT2D eigenvalue weighted by Crippen LogP contribution is -2.45. The summed E-state index contributed by atoms with van der Waals surface area (Å²) < 4.78 is 19.6. The molecule has 0 bridgehead atoms. The van der Waals surface area contributed by atoms with Crippen molar-refractivity contribution in [3.05, 3.63) is 94.8 Å². The van der Waals surface area contributed by atoms with E-state index in [1.165, 1.54) is 44.2 Å². The molecule has 3 aromatic rings. The second-order valence-electron chi connectivity index (χ2n) is 11.8. The van der Waals surface area contributed by atoms with Gasteiger partial charge in [0, 0.05) is 49.4 Å². The Balaban J connectivity index is 0.00000529. The predicted octanol–water partition coefficient (Wildman–Crippen LogP) is 10.2. The zero-order chi connectivity index (χ0) is 30.5. The summed E-state index contributed by atoms with van der Waals surface area (Å²) in [6.07, 6.45) is 11.1. The number of Topliss-reactive ketones (excluding diaryl/α,β-unsaturated/α-hetero) is 1. The molecule has 1 saturated heterocycles. The number of ether oxygens (including phenoxy) is 1. The van der Waals surface area contributed by atoms with Gasteiger partial charge in [-0.15, -0.1) is 12.4 Å². The van der Waals surface area contributed by atoms with Gasteiger partial charge in [0.2, 0.25) is 0 Å². The number of hydrogen-bond donors (Lipinski definition) is 0. The van der Waals surface area contributed by atoms with E-state index >= 15 is 0 Å². The van der Waals surface area contributed by atoms with Crippen LogP contribution in [0.25, 0.3) is 11.1 Å². The molecule has 4 nitrogen and oxygen atoms in total. The highest BCUT2D eigenvalue weighted by atomic mass is 35.5. The van der Waals surface area contributed by atoms with E-state index in [4.69, 9.17) is 16.3 Å². The van der Waals surface area contributed by atoms with Gasteiger partial charge in [0.15, 0.2) is 5.78 Å². The molecule has 44 heavy (non-hydrogen) atoms. The van der Waals surface area contributed by atoms with Gasteiger partial charge in [0.1, 0.15) is 11.4 Å². The molecule has 0 amide bonds. The largest absolute Gasteiger partial charge is 0.454 e. The van der Waals surface area contributed by atoms with Crippen LogP contribution in [-0.4, -0.2) is 36.3 Å². The molecule has 4 rings (SSSR count). The fourth-order valence-corrected chi connectivity index (χ4v) is 6.15. The first-order valence-corrected chi connectivity index (χ1v) is 16.4. The summed E-state index contributed by atoms with van der Waals surface area (Å²) in [5.41, 5.74) is 3.03. The average molecular weight is 643 g/mol. The molecule has 0 unspecified atom stereocenters. The van der Waals surface area contributed by atoms with Crippen molar-refractivity contribution < 1.29 is 18.7 Å². The topological polar surface area (TPSA) is 46.6 Å². The van der Waals surface area contributed by atoms with Gasteiger partial charge in [-0.3, -0.25) is 9.59 Å². The Hall–Kier alpha value is -2.73. The van der Waals surface area contributed by atoms with Gasteiger partial charge in [-0.1, -0.05) is 93.4 Å². The number of ketones is 1. The molecule has 7 heteroatoms. The quantitative estimate of drug-likeness (QED) is 0.0886. The predicted molar refractivity (Wildman–Crippen MR) is 180 cm³/mol. The number of hydrogen-bond acceptors (Lipinski definition) is 4. The number of halogens is 3. The summed E-state index contributed by atoms with van der Waals surface area (Å²) in [4.78, 5) is 28.0. The highest BCUT2D eigenvalue weighted by Gasteiger charge is 2.39. The van der Waals surface area contributed by atoms with Crippen LogP contribution in [0.3, 0.4) is 0 Å². The van der Waals surface area contributed by atoms with E-state index in [9.17, 15) is 14.0 Å². The van der Waals surface area contributed by atoms with Crippen LogP contribution in [0.4, 0.5) is 4.39 Å². The standard InChI is InChI=1S/C37H45ClFNO3.ClH/c1-2-3-4-5-6-7-8-14-36(42)43-37(32-19-15-29(16-20-32)31-11-9-12-33(38)28-31)23-26-40(27-24-37)25-10-13-35(41)30-17-21-34(39)22-18-30;/h9,11-12,15-22,28H,2-8,10,13-14,23-27H2,1H3;1H. The first kappa shape index (κ1) is 35.7. The minimum Gasteiger partial charge on any atom is -0.454 e. The molecule has 3 aromatic carbocycles. The van der Waals surface area contributed by atoms with Gasteiger partial charge in [0.05, 0.1) is 0 Å². The maximum atomic E-state index is 13.2. The average Bonchev–Trinajstić information content (AvgIpc) is 3.02. The van der Waals surface area contributed by atoms with Crippen LogP contribution in [-0.2, 0) is 15.1 Å². The monoisotopic (exact) mass is 641 g/mol. The van der Waals surface area contributed by atoms with Gasteiger partial charge in [-0.05, 0) is 72.5 Å². The molecule has 0 atom stereocenters. The summed E-state index contributed by atoms with van der Waals surface area (Å²) in [6, 6.07) is 21.9. The molecule has 1 aliphatic heterocycles. The Morgan fingerprint density at radius 3 is 2.14 bits per heavy atom. The van der Waals surface area contributed by atoms with Gasteiger partial charge in [0.25, 0.3) is 0 Å². The summed E-state index contributed by atoms with van der Waals surface area (Å²) in [5, 5.41) is 0.698. The summed E-state index contributed by atoms with van der Waals surface area (Å²) >= 11 is 6.22. The Kier molecular flexibility index (Phi) is 14.9. The molecule has 1 heterocycles. The molecule has 1 fully saturated rings. The minimum absolute atomic E-state index is 0. The van der Waals surface area contributed by atoms with Crippen molar-refractivity contribution in [2.75, 3.05) is 19.6 Å². The van der Waals surface area contributed by atoms with Gasteiger partial charge < -0.3 is 9.64 Å². The highest BCUT2D eigenvalue weighted by molar-refractivity contribution is 6.30. The molecular weight excluding hydrogens is 596 g/mol. The van der Waals surface area contributed by atoms with Gasteiger partial charge in [-0.2, -0.15) is 0 Å². The van der Waals surface area contributed by atoms with Crippen molar-refractivity contribution in [3.63, 3.8) is 0 Å². The van der Waals surface area contributed by atoms with Crippen molar-refractivity contribution in [2.24, 2.45) is 0 Å². The van der Waals surface area contributed by atoms with Crippen LogP contribution in [0, 0.1) is 5.82 Å². The van der Waals surface area contributed by atoms with Gasteiger partial charge >= 0.3 is 5.97 Å². The van der Waals surface area contributed by atoms with Crippen LogP contribution < -0.4 is 0 Å². The van der Waals surface area contributed by atoms with Gasteiger partial charge in [-0.25, -0.2) is 4.39 Å². The zero-order valence-electron chi connectivity index (χ0n) is 25.9. The van der Waals surface area contributed by atoms with Crippen LogP contribution in [0.1, 0.15) is 99.9 Å². The fourth-order valence-electron chi connectivity index (χ4n) is 5.96. The number of rotatable bonds is 16. The first-order chi connectivity index (χ1) is 20.9. The third kappa shape index (κ3) is 10.7. The second-order valence-corrected chi connectivity index (χ2v) is 12.2. The Morgan fingerprint density at radius 2 is 1.48 bits per heavy atom. The smallest absolute Gasteiger partial charge is 0.306 e. The third-order valence-electron chi connectivity index (χ3n) is 8.57. The Labute approximate surface area is 273 Å². The fraction of sp³-hybridized carbons (Fsp3) is 0.459. The zero-order valence-corrected chi connectivity index (χ0v) is 27.4. The minimum atomic E-state index is -0.661. The normalized spacial score (nSPS) is 14.5. The van der Waals surface area contributed by atoms with Crippen molar-refractivity contribution in [1.82, 2.24) is 4.90 Å². The molecule has 0 saturated carbocycles. The van der Waals surface area contributed by atoms with E-state index in [0.29, 0.717) is 36.3 Å². The number of benzene rings is 3. The number of likely N-dealkylation sites (tertiary alicyclic amines) is 1. The van der Waals surface area contributed by atoms with E-state index in [1.807, 2.05) is 24.3 Å². The molecule has 0 aliphatic carbocycles. The van der Waals surface area contributed by atoms with Crippen LogP contribution in [0.2, 0.25) is 5.02 Å². The number of esters is 1. The molecule has 238 valence electrons. The number of carbonyl (C=O) groups is 2. The van der Waals surface area contributed by atoms with E-state index in [1.54, 1.807) is 12.1 Å². The van der Waals surface area contributed by atoms with Crippen LogP contribution >= 0.6 is 24.0 Å². The van der Waals surface area contributed by atoms with Crippen LogP contribution in [0.5, 0.6) is 0 Å². The van der Waals surface area contributed by atoms with E-state index in [2.05, 4.69) is 36.1 Å². The summed E-state index contributed by atoms with van der Waals surface area (Å²) in [7, 11) is 0. The third-order valence-corrected chi connectivity index (χ3v) is 8.81. The molecule has 0 aromatic heterocycles. The maximum Gasteiger partial charge on any atom is 0.306 e. The van der Waals surface area contributed by atoms with Crippen molar-refractivity contribution >= 4 is 35.8 Å². The highest BCUT2D eigenvalue weighted by Crippen LogP contribution is 2.38.